The van der Waals surface area contributed by atoms with E-state index in [1.54, 1.807) is 10.4 Å². The first-order valence-corrected chi connectivity index (χ1v) is 14.5. The van der Waals surface area contributed by atoms with Crippen LogP contribution in [0.5, 0.6) is 0 Å². The number of thiophene rings is 1. The molecule has 0 saturated carbocycles. The van der Waals surface area contributed by atoms with E-state index >= 15 is 0 Å². The van der Waals surface area contributed by atoms with Crippen LogP contribution in [0.4, 0.5) is 5.82 Å². The molecular formula is C29H38N4S. The van der Waals surface area contributed by atoms with Crippen LogP contribution in [0.1, 0.15) is 73.2 Å². The van der Waals surface area contributed by atoms with Crippen LogP contribution < -0.4 is 4.90 Å². The third-order valence-electron chi connectivity index (χ3n) is 8.24. The minimum Gasteiger partial charge on any atom is -0.356 e. The predicted octanol–water partition coefficient (Wildman–Crippen LogP) is 6.20. The number of benzene rings is 1. The number of piperidine rings is 2. The lowest BCUT2D eigenvalue weighted by molar-refractivity contribution is 0.141. The summed E-state index contributed by atoms with van der Waals surface area (Å²) in [6.45, 7) is 4.89. The third kappa shape index (κ3) is 4.74. The van der Waals surface area contributed by atoms with Crippen LogP contribution >= 0.6 is 11.3 Å². The summed E-state index contributed by atoms with van der Waals surface area (Å²) in [4.78, 5) is 18.7. The maximum atomic E-state index is 5.30. The second-order valence-electron chi connectivity index (χ2n) is 10.5. The van der Waals surface area contributed by atoms with Crippen LogP contribution in [0.3, 0.4) is 0 Å². The van der Waals surface area contributed by atoms with Crippen molar-refractivity contribution in [3.63, 3.8) is 0 Å². The molecule has 0 spiro atoms. The normalized spacial score (nSPS) is 20.4. The molecular weight excluding hydrogens is 436 g/mol. The van der Waals surface area contributed by atoms with Crippen molar-refractivity contribution in [1.82, 2.24) is 14.9 Å². The Kier molecular flexibility index (Phi) is 6.83. The van der Waals surface area contributed by atoms with Crippen LogP contribution in [0.15, 0.2) is 30.3 Å². The molecule has 4 nitrogen and oxygen atoms in total. The lowest BCUT2D eigenvalue weighted by Crippen LogP contribution is -2.47. The highest BCUT2D eigenvalue weighted by atomic mass is 32.1. The number of aromatic nitrogens is 2. The SMILES string of the molecule is c1ccc(CCc2nc(N3CCC(N4CCCCC4)CC3)c3c4c(sc3n2)CCCCC4)cc1. The molecule has 1 aliphatic carbocycles. The van der Waals surface area contributed by atoms with Gasteiger partial charge in [0.1, 0.15) is 16.5 Å². The Bertz CT molecular complexity index is 1090. The molecule has 4 heterocycles. The smallest absolute Gasteiger partial charge is 0.141 e. The molecule has 0 atom stereocenters. The molecule has 180 valence electrons. The standard InChI is InChI=1S/C29H38N4S/c1-4-10-22(11-5-1)14-15-26-30-28(27-24-12-6-2-7-13-25(24)34-29(27)31-26)33-20-16-23(17-21-33)32-18-8-3-9-19-32/h1,4-5,10-11,23H,2-3,6-9,12-21H2. The van der Waals surface area contributed by atoms with E-state index in [9.17, 15) is 0 Å². The maximum Gasteiger partial charge on any atom is 0.141 e. The number of nitrogens with zero attached hydrogens (tertiary/aromatic N) is 4. The Labute approximate surface area is 208 Å². The highest BCUT2D eigenvalue weighted by Gasteiger charge is 2.29. The van der Waals surface area contributed by atoms with E-state index in [-0.39, 0.29) is 0 Å². The summed E-state index contributed by atoms with van der Waals surface area (Å²) in [6.07, 6.45) is 15.1. The zero-order valence-corrected chi connectivity index (χ0v) is 21.3. The number of hydrogen-bond donors (Lipinski definition) is 0. The number of hydrogen-bond acceptors (Lipinski definition) is 5. The fraction of sp³-hybridized carbons (Fsp3) is 0.586. The van der Waals surface area contributed by atoms with Crippen molar-refractivity contribution >= 4 is 27.4 Å². The van der Waals surface area contributed by atoms with Crippen LogP contribution in [0.2, 0.25) is 0 Å². The summed E-state index contributed by atoms with van der Waals surface area (Å²) in [5.41, 5.74) is 2.96. The zero-order chi connectivity index (χ0) is 22.7. The summed E-state index contributed by atoms with van der Waals surface area (Å²) in [5.74, 6) is 2.28. The van der Waals surface area contributed by atoms with Crippen LogP contribution in [0.25, 0.3) is 10.2 Å². The summed E-state index contributed by atoms with van der Waals surface area (Å²) in [5, 5.41) is 1.40. The zero-order valence-electron chi connectivity index (χ0n) is 20.5. The van der Waals surface area contributed by atoms with Gasteiger partial charge in [0.2, 0.25) is 0 Å². The molecule has 2 fully saturated rings. The Hall–Kier alpha value is -1.98. The van der Waals surface area contributed by atoms with Gasteiger partial charge in [0.25, 0.3) is 0 Å². The molecule has 2 aliphatic heterocycles. The molecule has 2 saturated heterocycles. The molecule has 0 amide bonds. The van der Waals surface area contributed by atoms with Gasteiger partial charge < -0.3 is 9.80 Å². The third-order valence-corrected chi connectivity index (χ3v) is 9.43. The van der Waals surface area contributed by atoms with Crippen molar-refractivity contribution in [1.29, 1.82) is 0 Å². The quantitative estimate of drug-likeness (QED) is 0.412. The Balaban J connectivity index is 1.29. The second-order valence-corrected chi connectivity index (χ2v) is 11.6. The van der Waals surface area contributed by atoms with E-state index in [0.29, 0.717) is 0 Å². The van der Waals surface area contributed by atoms with Gasteiger partial charge in [-0.2, -0.15) is 0 Å². The maximum absolute atomic E-state index is 5.30. The average Bonchev–Trinajstić information content (AvgIpc) is 3.09. The minimum atomic E-state index is 0.769. The van der Waals surface area contributed by atoms with Crippen molar-refractivity contribution in [2.45, 2.75) is 83.1 Å². The van der Waals surface area contributed by atoms with Gasteiger partial charge in [0.15, 0.2) is 0 Å². The molecule has 3 aliphatic rings. The van der Waals surface area contributed by atoms with Gasteiger partial charge in [-0.05, 0) is 82.0 Å². The number of rotatable bonds is 5. The van der Waals surface area contributed by atoms with E-state index in [0.717, 1.165) is 37.8 Å². The lowest BCUT2D eigenvalue weighted by atomic mass is 9.99. The number of aryl methyl sites for hydroxylation is 4. The largest absolute Gasteiger partial charge is 0.356 e. The molecule has 0 N–H and O–H groups in total. The first kappa shape index (κ1) is 22.5. The van der Waals surface area contributed by atoms with Gasteiger partial charge in [-0.1, -0.05) is 43.2 Å². The molecule has 0 radical (unpaired) electrons. The first-order valence-electron chi connectivity index (χ1n) is 13.7. The molecule has 3 aromatic rings. The Morgan fingerprint density at radius 2 is 1.56 bits per heavy atom. The topological polar surface area (TPSA) is 32.3 Å². The van der Waals surface area contributed by atoms with Gasteiger partial charge in [0.05, 0.1) is 5.39 Å². The molecule has 34 heavy (non-hydrogen) atoms. The monoisotopic (exact) mass is 474 g/mol. The van der Waals surface area contributed by atoms with E-state index in [1.807, 2.05) is 11.3 Å². The first-order chi connectivity index (χ1) is 16.8. The van der Waals surface area contributed by atoms with Crippen molar-refractivity contribution in [2.24, 2.45) is 0 Å². The molecule has 1 aromatic carbocycles. The van der Waals surface area contributed by atoms with Gasteiger partial charge in [0, 0.05) is 30.4 Å². The van der Waals surface area contributed by atoms with Gasteiger partial charge in [-0.3, -0.25) is 0 Å². The highest BCUT2D eigenvalue weighted by Crippen LogP contribution is 2.40. The molecule has 2 aromatic heterocycles. The van der Waals surface area contributed by atoms with Crippen LogP contribution in [-0.4, -0.2) is 47.1 Å². The van der Waals surface area contributed by atoms with Crippen molar-refractivity contribution in [3.05, 3.63) is 52.2 Å². The minimum absolute atomic E-state index is 0.769. The summed E-state index contributed by atoms with van der Waals surface area (Å²) >= 11 is 1.96. The Morgan fingerprint density at radius 1 is 0.794 bits per heavy atom. The Morgan fingerprint density at radius 3 is 2.38 bits per heavy atom. The number of fused-ring (bicyclic) bond motifs is 3. The van der Waals surface area contributed by atoms with Gasteiger partial charge in [-0.15, -0.1) is 11.3 Å². The summed E-state index contributed by atoms with van der Waals surface area (Å²) < 4.78 is 0. The number of anilines is 1. The van der Waals surface area contributed by atoms with E-state index in [4.69, 9.17) is 9.97 Å². The van der Waals surface area contributed by atoms with E-state index in [2.05, 4.69) is 40.1 Å². The molecule has 6 rings (SSSR count). The van der Waals surface area contributed by atoms with Crippen molar-refractivity contribution in [2.75, 3.05) is 31.1 Å². The molecule has 0 unspecified atom stereocenters. The van der Waals surface area contributed by atoms with E-state index < -0.39 is 0 Å². The number of likely N-dealkylation sites (tertiary alicyclic amines) is 1. The second kappa shape index (κ2) is 10.3. The summed E-state index contributed by atoms with van der Waals surface area (Å²) in [7, 11) is 0. The van der Waals surface area contributed by atoms with Crippen LogP contribution in [0, 0.1) is 0 Å². The predicted molar refractivity (Wildman–Crippen MR) is 143 cm³/mol. The fourth-order valence-corrected chi connectivity index (χ4v) is 7.60. The summed E-state index contributed by atoms with van der Waals surface area (Å²) in [6, 6.07) is 11.6. The molecule has 5 heteroatoms. The van der Waals surface area contributed by atoms with Gasteiger partial charge in [-0.25, -0.2) is 9.97 Å². The average molecular weight is 475 g/mol. The molecule has 0 bridgehead atoms. The van der Waals surface area contributed by atoms with Crippen molar-refractivity contribution in [3.8, 4) is 0 Å². The fourth-order valence-electron chi connectivity index (χ4n) is 6.33. The van der Waals surface area contributed by atoms with Crippen LogP contribution in [-0.2, 0) is 25.7 Å². The highest BCUT2D eigenvalue weighted by molar-refractivity contribution is 7.19. The van der Waals surface area contributed by atoms with Gasteiger partial charge >= 0.3 is 0 Å². The van der Waals surface area contributed by atoms with Crippen molar-refractivity contribution < 1.29 is 0 Å². The van der Waals surface area contributed by atoms with E-state index in [1.165, 1.54) is 98.9 Å². The lowest BCUT2D eigenvalue weighted by Gasteiger charge is -2.40.